The van der Waals surface area contributed by atoms with Gasteiger partial charge in [-0.05, 0) is 38.2 Å². The Hall–Kier alpha value is -1.26. The van der Waals surface area contributed by atoms with Crippen LogP contribution >= 0.6 is 12.4 Å². The molecule has 5 heteroatoms. The first-order chi connectivity index (χ1) is 10.7. The van der Waals surface area contributed by atoms with Crippen molar-refractivity contribution in [3.05, 3.63) is 29.8 Å². The van der Waals surface area contributed by atoms with Crippen LogP contribution in [0.3, 0.4) is 0 Å². The normalized spacial score (nSPS) is 21.3. The molecule has 1 unspecified atom stereocenters. The van der Waals surface area contributed by atoms with E-state index in [2.05, 4.69) is 12.2 Å². The zero-order chi connectivity index (χ0) is 15.9. The second-order valence-corrected chi connectivity index (χ2v) is 6.06. The molecule has 1 aromatic carbocycles. The Balaban J connectivity index is 0.00000264. The highest BCUT2D eigenvalue weighted by Crippen LogP contribution is 2.29. The molecule has 3 N–H and O–H groups in total. The van der Waals surface area contributed by atoms with Crippen LogP contribution in [0.1, 0.15) is 57.6 Å². The number of ether oxygens (including phenoxy) is 1. The molecule has 2 rings (SSSR count). The summed E-state index contributed by atoms with van der Waals surface area (Å²) in [6.45, 7) is 4.67. The van der Waals surface area contributed by atoms with Gasteiger partial charge in [-0.1, -0.05) is 31.5 Å². The summed E-state index contributed by atoms with van der Waals surface area (Å²) in [7, 11) is 0. The van der Waals surface area contributed by atoms with Crippen LogP contribution in [0.5, 0.6) is 5.75 Å². The number of hydrogen-bond donors (Lipinski definition) is 2. The van der Waals surface area contributed by atoms with Gasteiger partial charge >= 0.3 is 0 Å². The van der Waals surface area contributed by atoms with Gasteiger partial charge < -0.3 is 15.8 Å². The van der Waals surface area contributed by atoms with Crippen LogP contribution < -0.4 is 15.8 Å². The van der Waals surface area contributed by atoms with E-state index in [4.69, 9.17) is 10.5 Å². The zero-order valence-corrected chi connectivity index (χ0v) is 14.9. The lowest BCUT2D eigenvalue weighted by Crippen LogP contribution is -2.33. The highest BCUT2D eigenvalue weighted by Gasteiger charge is 2.27. The number of carbonyl (C=O) groups excluding carboxylic acids is 1. The lowest BCUT2D eigenvalue weighted by molar-refractivity contribution is -0.122. The predicted octanol–water partition coefficient (Wildman–Crippen LogP) is 3.59. The maximum atomic E-state index is 12.3. The highest BCUT2D eigenvalue weighted by atomic mass is 35.5. The minimum absolute atomic E-state index is 0. The minimum Gasteiger partial charge on any atom is -0.494 e. The number of rotatable bonds is 7. The van der Waals surface area contributed by atoms with Gasteiger partial charge in [0.15, 0.2) is 0 Å². The van der Waals surface area contributed by atoms with Crippen molar-refractivity contribution in [3.63, 3.8) is 0 Å². The third-order valence-corrected chi connectivity index (χ3v) is 4.50. The first-order valence-electron chi connectivity index (χ1n) is 8.42. The summed E-state index contributed by atoms with van der Waals surface area (Å²) in [6.07, 6.45) is 4.63. The van der Waals surface area contributed by atoms with Gasteiger partial charge in [0.25, 0.3) is 0 Å². The van der Waals surface area contributed by atoms with E-state index in [-0.39, 0.29) is 30.4 Å². The van der Waals surface area contributed by atoms with Crippen LogP contribution in [-0.4, -0.2) is 18.6 Å². The molecule has 0 aliphatic heterocycles. The SMILES string of the molecule is CCOc1ccccc1C(CC)NC(=O)C[C@@H]1CCC[C@H]1N.Cl. The highest BCUT2D eigenvalue weighted by molar-refractivity contribution is 5.85. The Bertz CT molecular complexity index is 496. The van der Waals surface area contributed by atoms with Crippen LogP contribution in [0.25, 0.3) is 0 Å². The Morgan fingerprint density at radius 3 is 2.70 bits per heavy atom. The maximum absolute atomic E-state index is 12.3. The Morgan fingerprint density at radius 2 is 2.09 bits per heavy atom. The van der Waals surface area contributed by atoms with Gasteiger partial charge in [0.2, 0.25) is 5.91 Å². The van der Waals surface area contributed by atoms with E-state index >= 15 is 0 Å². The molecular formula is C18H29ClN2O2. The van der Waals surface area contributed by atoms with Gasteiger partial charge in [-0.15, -0.1) is 12.4 Å². The number of benzene rings is 1. The van der Waals surface area contributed by atoms with E-state index in [1.807, 2.05) is 31.2 Å². The molecule has 130 valence electrons. The molecule has 3 atom stereocenters. The van der Waals surface area contributed by atoms with E-state index in [0.717, 1.165) is 37.0 Å². The molecular weight excluding hydrogens is 312 g/mol. The van der Waals surface area contributed by atoms with Crippen LogP contribution in [0.4, 0.5) is 0 Å². The molecule has 0 radical (unpaired) electrons. The van der Waals surface area contributed by atoms with Crippen molar-refractivity contribution in [2.75, 3.05) is 6.61 Å². The molecule has 0 bridgehead atoms. The molecule has 0 heterocycles. The predicted molar refractivity (Wildman–Crippen MR) is 96.0 cm³/mol. The number of carbonyl (C=O) groups is 1. The summed E-state index contributed by atoms with van der Waals surface area (Å²) in [6, 6.07) is 8.11. The topological polar surface area (TPSA) is 64.3 Å². The number of halogens is 1. The van der Waals surface area contributed by atoms with E-state index < -0.39 is 0 Å². The van der Waals surface area contributed by atoms with Gasteiger partial charge in [-0.2, -0.15) is 0 Å². The summed E-state index contributed by atoms with van der Waals surface area (Å²) < 4.78 is 5.68. The molecule has 1 saturated carbocycles. The monoisotopic (exact) mass is 340 g/mol. The molecule has 0 spiro atoms. The van der Waals surface area contributed by atoms with E-state index in [0.29, 0.717) is 18.9 Å². The minimum atomic E-state index is -0.00659. The molecule has 4 nitrogen and oxygen atoms in total. The maximum Gasteiger partial charge on any atom is 0.220 e. The fourth-order valence-electron chi connectivity index (χ4n) is 3.27. The van der Waals surface area contributed by atoms with E-state index in [1.54, 1.807) is 0 Å². The smallest absolute Gasteiger partial charge is 0.220 e. The van der Waals surface area contributed by atoms with Gasteiger partial charge in [-0.25, -0.2) is 0 Å². The molecule has 1 fully saturated rings. The van der Waals surface area contributed by atoms with Crippen LogP contribution in [0.15, 0.2) is 24.3 Å². The Labute approximate surface area is 145 Å². The van der Waals surface area contributed by atoms with Gasteiger partial charge in [-0.3, -0.25) is 4.79 Å². The third kappa shape index (κ3) is 5.40. The first-order valence-corrected chi connectivity index (χ1v) is 8.42. The number of para-hydroxylation sites is 1. The second kappa shape index (κ2) is 9.78. The second-order valence-electron chi connectivity index (χ2n) is 6.06. The van der Waals surface area contributed by atoms with Crippen molar-refractivity contribution < 1.29 is 9.53 Å². The fraction of sp³-hybridized carbons (Fsp3) is 0.611. The third-order valence-electron chi connectivity index (χ3n) is 4.50. The van der Waals surface area contributed by atoms with Crippen molar-refractivity contribution in [2.24, 2.45) is 11.7 Å². The summed E-state index contributed by atoms with van der Waals surface area (Å²) in [5.74, 6) is 1.29. The van der Waals surface area contributed by atoms with Crippen LogP contribution in [0, 0.1) is 5.92 Å². The molecule has 1 aromatic rings. The number of hydrogen-bond acceptors (Lipinski definition) is 3. The summed E-state index contributed by atoms with van der Waals surface area (Å²) in [5.41, 5.74) is 7.12. The quantitative estimate of drug-likeness (QED) is 0.797. The standard InChI is InChI=1S/C18H28N2O2.ClH/c1-3-16(14-9-5-6-11-17(14)22-4-2)20-18(21)12-13-8-7-10-15(13)19;/h5-6,9,11,13,15-16H,3-4,7-8,10,12,19H2,1-2H3,(H,20,21);1H/t13-,15+,16?;/m0./s1. The lowest BCUT2D eigenvalue weighted by Gasteiger charge is -2.22. The van der Waals surface area contributed by atoms with E-state index in [9.17, 15) is 4.79 Å². The summed E-state index contributed by atoms with van der Waals surface area (Å²) >= 11 is 0. The summed E-state index contributed by atoms with van der Waals surface area (Å²) in [4.78, 5) is 12.3. The first kappa shape index (κ1) is 19.8. The lowest BCUT2D eigenvalue weighted by atomic mass is 9.98. The fourth-order valence-corrected chi connectivity index (χ4v) is 3.27. The average molecular weight is 341 g/mol. The van der Waals surface area contributed by atoms with Crippen molar-refractivity contribution in [3.8, 4) is 5.75 Å². The van der Waals surface area contributed by atoms with Gasteiger partial charge in [0.1, 0.15) is 5.75 Å². The number of nitrogens with two attached hydrogens (primary N) is 1. The van der Waals surface area contributed by atoms with Crippen molar-refractivity contribution in [1.82, 2.24) is 5.32 Å². The van der Waals surface area contributed by atoms with Crippen molar-refractivity contribution >= 4 is 18.3 Å². The molecule has 1 aliphatic carbocycles. The van der Waals surface area contributed by atoms with Crippen molar-refractivity contribution in [2.45, 2.75) is 58.0 Å². The zero-order valence-electron chi connectivity index (χ0n) is 14.1. The van der Waals surface area contributed by atoms with E-state index in [1.165, 1.54) is 0 Å². The average Bonchev–Trinajstić information content (AvgIpc) is 2.91. The van der Waals surface area contributed by atoms with Gasteiger partial charge in [0, 0.05) is 18.0 Å². The number of nitrogens with one attached hydrogen (secondary N) is 1. The molecule has 23 heavy (non-hydrogen) atoms. The van der Waals surface area contributed by atoms with Crippen molar-refractivity contribution in [1.29, 1.82) is 0 Å². The largest absolute Gasteiger partial charge is 0.494 e. The molecule has 1 amide bonds. The molecule has 0 aromatic heterocycles. The van der Waals surface area contributed by atoms with Crippen LogP contribution in [-0.2, 0) is 4.79 Å². The molecule has 1 aliphatic rings. The summed E-state index contributed by atoms with van der Waals surface area (Å²) in [5, 5.41) is 3.15. The Morgan fingerprint density at radius 1 is 1.35 bits per heavy atom. The Kier molecular flexibility index (Phi) is 8.42. The molecule has 0 saturated heterocycles. The number of amides is 1. The van der Waals surface area contributed by atoms with Gasteiger partial charge in [0.05, 0.1) is 12.6 Å². The van der Waals surface area contributed by atoms with Crippen LogP contribution in [0.2, 0.25) is 0 Å².